The molecule has 1 fully saturated rings. The van der Waals surface area contributed by atoms with Crippen molar-refractivity contribution in [2.24, 2.45) is 5.73 Å². The fourth-order valence-corrected chi connectivity index (χ4v) is 1.90. The number of piperidine rings is 1. The summed E-state index contributed by atoms with van der Waals surface area (Å²) in [7, 11) is 1.61. The molecule has 1 rings (SSSR count). The molecule has 106 valence electrons. The van der Waals surface area contributed by atoms with Crippen molar-refractivity contribution in [3.05, 3.63) is 0 Å². The Bertz CT molecular complexity index is 230. The highest BCUT2D eigenvalue weighted by Crippen LogP contribution is 2.13. The average molecular weight is 260 g/mol. The van der Waals surface area contributed by atoms with E-state index in [4.69, 9.17) is 19.9 Å². The zero-order valence-corrected chi connectivity index (χ0v) is 11.1. The third kappa shape index (κ3) is 5.77. The molecule has 0 radical (unpaired) electrons. The van der Waals surface area contributed by atoms with Crippen molar-refractivity contribution < 1.29 is 19.0 Å². The van der Waals surface area contributed by atoms with Crippen molar-refractivity contribution >= 4 is 5.91 Å². The van der Waals surface area contributed by atoms with E-state index in [1.807, 2.05) is 4.90 Å². The van der Waals surface area contributed by atoms with Crippen LogP contribution in [-0.2, 0) is 19.0 Å². The summed E-state index contributed by atoms with van der Waals surface area (Å²) in [6.45, 7) is 3.73. The fourth-order valence-electron chi connectivity index (χ4n) is 1.90. The van der Waals surface area contributed by atoms with Gasteiger partial charge >= 0.3 is 0 Å². The van der Waals surface area contributed by atoms with Crippen LogP contribution in [0.25, 0.3) is 0 Å². The van der Waals surface area contributed by atoms with Gasteiger partial charge in [-0.25, -0.2) is 0 Å². The van der Waals surface area contributed by atoms with Gasteiger partial charge in [0.15, 0.2) is 0 Å². The minimum Gasteiger partial charge on any atom is -0.382 e. The van der Waals surface area contributed by atoms with Gasteiger partial charge < -0.3 is 24.8 Å². The number of carbonyl (C=O) groups is 1. The summed E-state index contributed by atoms with van der Waals surface area (Å²) in [6.07, 6.45) is 2.00. The molecule has 18 heavy (non-hydrogen) atoms. The first-order valence-corrected chi connectivity index (χ1v) is 6.44. The van der Waals surface area contributed by atoms with Crippen LogP contribution in [0, 0.1) is 0 Å². The molecule has 1 saturated heterocycles. The van der Waals surface area contributed by atoms with Gasteiger partial charge in [-0.05, 0) is 12.8 Å². The highest BCUT2D eigenvalue weighted by Gasteiger charge is 2.22. The minimum atomic E-state index is 0.0448. The summed E-state index contributed by atoms with van der Waals surface area (Å²) < 4.78 is 15.6. The van der Waals surface area contributed by atoms with E-state index in [1.54, 1.807) is 7.11 Å². The fraction of sp³-hybridized carbons (Fsp3) is 0.917. The van der Waals surface area contributed by atoms with E-state index in [1.165, 1.54) is 0 Å². The standard InChI is InChI=1S/C12H24N2O4/c1-16-8-9-17-10-12(15)14-5-2-11(3-6-14)18-7-4-13/h11H,2-10,13H2,1H3. The maximum absolute atomic E-state index is 11.8. The monoisotopic (exact) mass is 260 g/mol. The zero-order chi connectivity index (χ0) is 13.2. The van der Waals surface area contributed by atoms with E-state index in [0.29, 0.717) is 26.4 Å². The number of ether oxygens (including phenoxy) is 3. The molecule has 0 atom stereocenters. The lowest BCUT2D eigenvalue weighted by Gasteiger charge is -2.31. The Morgan fingerprint density at radius 1 is 1.28 bits per heavy atom. The number of hydrogen-bond acceptors (Lipinski definition) is 5. The lowest BCUT2D eigenvalue weighted by Crippen LogP contribution is -2.42. The molecular formula is C12H24N2O4. The summed E-state index contributed by atoms with van der Waals surface area (Å²) in [5.41, 5.74) is 5.38. The number of amides is 1. The summed E-state index contributed by atoms with van der Waals surface area (Å²) >= 11 is 0. The predicted octanol–water partition coefficient (Wildman–Crippen LogP) is -0.384. The number of carbonyl (C=O) groups excluding carboxylic acids is 1. The molecule has 0 bridgehead atoms. The molecule has 0 spiro atoms. The van der Waals surface area contributed by atoms with E-state index in [-0.39, 0.29) is 18.6 Å². The molecule has 0 unspecified atom stereocenters. The van der Waals surface area contributed by atoms with Crippen LogP contribution in [0.15, 0.2) is 0 Å². The van der Waals surface area contributed by atoms with Gasteiger partial charge in [-0.2, -0.15) is 0 Å². The van der Waals surface area contributed by atoms with Gasteiger partial charge in [0.05, 0.1) is 25.9 Å². The van der Waals surface area contributed by atoms with Crippen LogP contribution in [0.3, 0.4) is 0 Å². The van der Waals surface area contributed by atoms with Gasteiger partial charge in [0, 0.05) is 26.7 Å². The summed E-state index contributed by atoms with van der Waals surface area (Å²) in [4.78, 5) is 13.6. The van der Waals surface area contributed by atoms with Crippen LogP contribution in [0.5, 0.6) is 0 Å². The quantitative estimate of drug-likeness (QED) is 0.602. The van der Waals surface area contributed by atoms with Crippen LogP contribution < -0.4 is 5.73 Å². The topological polar surface area (TPSA) is 74.0 Å². The first-order chi connectivity index (χ1) is 8.77. The first-order valence-electron chi connectivity index (χ1n) is 6.44. The van der Waals surface area contributed by atoms with Crippen molar-refractivity contribution in [3.8, 4) is 0 Å². The third-order valence-corrected chi connectivity index (χ3v) is 2.92. The normalized spacial score (nSPS) is 17.1. The van der Waals surface area contributed by atoms with Crippen molar-refractivity contribution in [3.63, 3.8) is 0 Å². The predicted molar refractivity (Wildman–Crippen MR) is 67.3 cm³/mol. The second-order valence-corrected chi connectivity index (χ2v) is 4.28. The second-order valence-electron chi connectivity index (χ2n) is 4.28. The summed E-state index contributed by atoms with van der Waals surface area (Å²) in [6, 6.07) is 0. The largest absolute Gasteiger partial charge is 0.382 e. The van der Waals surface area contributed by atoms with Crippen LogP contribution >= 0.6 is 0 Å². The maximum Gasteiger partial charge on any atom is 0.248 e. The van der Waals surface area contributed by atoms with E-state index in [9.17, 15) is 4.79 Å². The Morgan fingerprint density at radius 2 is 2.00 bits per heavy atom. The molecule has 0 aromatic rings. The molecule has 6 heteroatoms. The van der Waals surface area contributed by atoms with Crippen LogP contribution in [0.1, 0.15) is 12.8 Å². The first kappa shape index (κ1) is 15.4. The lowest BCUT2D eigenvalue weighted by atomic mass is 10.1. The lowest BCUT2D eigenvalue weighted by molar-refractivity contribution is -0.139. The Morgan fingerprint density at radius 3 is 2.61 bits per heavy atom. The number of likely N-dealkylation sites (tertiary alicyclic amines) is 1. The van der Waals surface area contributed by atoms with Crippen LogP contribution in [0.2, 0.25) is 0 Å². The smallest absolute Gasteiger partial charge is 0.248 e. The number of methoxy groups -OCH3 is 1. The zero-order valence-electron chi connectivity index (χ0n) is 11.1. The number of rotatable bonds is 8. The Kier molecular flexibility index (Phi) is 7.91. The molecule has 0 aromatic heterocycles. The molecule has 0 aliphatic carbocycles. The molecule has 1 aliphatic heterocycles. The average Bonchev–Trinajstić information content (AvgIpc) is 2.41. The third-order valence-electron chi connectivity index (χ3n) is 2.92. The number of nitrogens with two attached hydrogens (primary N) is 1. The van der Waals surface area contributed by atoms with E-state index in [0.717, 1.165) is 25.9 Å². The van der Waals surface area contributed by atoms with Gasteiger partial charge in [-0.1, -0.05) is 0 Å². The van der Waals surface area contributed by atoms with Gasteiger partial charge in [-0.3, -0.25) is 4.79 Å². The summed E-state index contributed by atoms with van der Waals surface area (Å²) in [5.74, 6) is 0.0448. The molecule has 6 nitrogen and oxygen atoms in total. The molecular weight excluding hydrogens is 236 g/mol. The van der Waals surface area contributed by atoms with Crippen molar-refractivity contribution in [1.29, 1.82) is 0 Å². The van der Waals surface area contributed by atoms with Crippen LogP contribution in [-0.4, -0.2) is 70.1 Å². The van der Waals surface area contributed by atoms with Crippen molar-refractivity contribution in [2.45, 2.75) is 18.9 Å². The van der Waals surface area contributed by atoms with Crippen molar-refractivity contribution in [1.82, 2.24) is 4.90 Å². The number of nitrogens with zero attached hydrogens (tertiary/aromatic N) is 1. The Hall–Kier alpha value is -0.690. The minimum absolute atomic E-state index is 0.0448. The molecule has 0 aromatic carbocycles. The van der Waals surface area contributed by atoms with Crippen molar-refractivity contribution in [2.75, 3.05) is 53.2 Å². The molecule has 1 amide bonds. The van der Waals surface area contributed by atoms with E-state index >= 15 is 0 Å². The van der Waals surface area contributed by atoms with Gasteiger partial charge in [0.1, 0.15) is 6.61 Å². The summed E-state index contributed by atoms with van der Waals surface area (Å²) in [5, 5.41) is 0. The molecule has 1 heterocycles. The highest BCUT2D eigenvalue weighted by molar-refractivity contribution is 5.77. The van der Waals surface area contributed by atoms with E-state index < -0.39 is 0 Å². The van der Waals surface area contributed by atoms with Crippen LogP contribution in [0.4, 0.5) is 0 Å². The number of hydrogen-bond donors (Lipinski definition) is 1. The van der Waals surface area contributed by atoms with Gasteiger partial charge in [-0.15, -0.1) is 0 Å². The SMILES string of the molecule is COCCOCC(=O)N1CCC(OCCN)CC1. The molecule has 0 saturated carbocycles. The van der Waals surface area contributed by atoms with Gasteiger partial charge in [0.2, 0.25) is 5.91 Å². The maximum atomic E-state index is 11.8. The molecule has 1 aliphatic rings. The van der Waals surface area contributed by atoms with Gasteiger partial charge in [0.25, 0.3) is 0 Å². The van der Waals surface area contributed by atoms with E-state index in [2.05, 4.69) is 0 Å². The Labute approximate surface area is 108 Å². The molecule has 2 N–H and O–H groups in total. The second kappa shape index (κ2) is 9.27. The highest BCUT2D eigenvalue weighted by atomic mass is 16.5. The Balaban J connectivity index is 2.11.